The fourth-order valence-corrected chi connectivity index (χ4v) is 2.30. The molecule has 1 aromatic rings. The number of anilines is 1. The fraction of sp³-hybridized carbons (Fsp3) is 0.273. The first kappa shape index (κ1) is 13.2. The second-order valence-corrected chi connectivity index (χ2v) is 4.83. The monoisotopic (exact) mass is 281 g/mol. The molecule has 1 aliphatic rings. The molecule has 0 unspecified atom stereocenters. The summed E-state index contributed by atoms with van der Waals surface area (Å²) in [6.07, 6.45) is 0.528. The van der Waals surface area contributed by atoms with E-state index in [9.17, 15) is 14.4 Å². The Bertz CT molecular complexity index is 578. The molecule has 0 atom stereocenters. The lowest BCUT2D eigenvalue weighted by molar-refractivity contribution is -0.130. The zero-order valence-electron chi connectivity index (χ0n) is 10.0. The Morgan fingerprint density at radius 2 is 2.21 bits per heavy atom. The van der Waals surface area contributed by atoms with E-state index in [0.29, 0.717) is 5.00 Å². The lowest BCUT2D eigenvalue weighted by Gasteiger charge is -2.18. The highest BCUT2D eigenvalue weighted by atomic mass is 32.1. The van der Waals surface area contributed by atoms with Crippen molar-refractivity contribution in [2.75, 3.05) is 12.4 Å². The van der Waals surface area contributed by atoms with Crippen molar-refractivity contribution >= 4 is 39.8 Å². The van der Waals surface area contributed by atoms with Gasteiger partial charge in [-0.15, -0.1) is 11.3 Å². The van der Waals surface area contributed by atoms with Gasteiger partial charge in [-0.25, -0.2) is 9.80 Å². The van der Waals surface area contributed by atoms with Gasteiger partial charge >= 0.3 is 5.97 Å². The van der Waals surface area contributed by atoms with Crippen LogP contribution in [0.3, 0.4) is 0 Å². The average molecular weight is 281 g/mol. The van der Waals surface area contributed by atoms with Gasteiger partial charge in [-0.2, -0.15) is 5.10 Å². The maximum atomic E-state index is 11.9. The van der Waals surface area contributed by atoms with Gasteiger partial charge in [-0.05, 0) is 6.07 Å². The minimum Gasteiger partial charge on any atom is -0.478 e. The summed E-state index contributed by atoms with van der Waals surface area (Å²) >= 11 is 1.12. The molecule has 19 heavy (non-hydrogen) atoms. The molecule has 0 saturated carbocycles. The summed E-state index contributed by atoms with van der Waals surface area (Å²) in [5.74, 6) is -1.60. The number of thiophene rings is 1. The molecule has 0 aliphatic carbocycles. The first-order chi connectivity index (χ1) is 8.97. The summed E-state index contributed by atoms with van der Waals surface area (Å²) in [6.45, 7) is 0. The number of carboxylic acids is 1. The minimum atomic E-state index is -1.04. The van der Waals surface area contributed by atoms with E-state index in [1.54, 1.807) is 0 Å². The predicted octanol–water partition coefficient (Wildman–Crippen LogP) is 0.993. The van der Waals surface area contributed by atoms with Gasteiger partial charge in [0, 0.05) is 25.3 Å². The number of rotatable bonds is 3. The van der Waals surface area contributed by atoms with Crippen molar-refractivity contribution in [1.29, 1.82) is 0 Å². The molecule has 0 aromatic carbocycles. The highest BCUT2D eigenvalue weighted by Gasteiger charge is 2.22. The molecule has 0 spiro atoms. The number of amides is 2. The lowest BCUT2D eigenvalue weighted by atomic mass is 10.1. The van der Waals surface area contributed by atoms with E-state index < -0.39 is 11.9 Å². The van der Waals surface area contributed by atoms with Crippen LogP contribution in [0.1, 0.15) is 23.2 Å². The maximum Gasteiger partial charge on any atom is 0.336 e. The van der Waals surface area contributed by atoms with Crippen LogP contribution in [-0.4, -0.2) is 40.7 Å². The third-order valence-electron chi connectivity index (χ3n) is 2.55. The van der Waals surface area contributed by atoms with E-state index in [-0.39, 0.29) is 30.0 Å². The minimum absolute atomic E-state index is 0.123. The molecule has 2 rings (SSSR count). The number of hydrogen-bond donors (Lipinski definition) is 2. The largest absolute Gasteiger partial charge is 0.478 e. The Balaban J connectivity index is 2.06. The SMILES string of the molecule is CN1N=C(C(=O)Nc2cc(C(=O)O)cs2)CCC1=O. The average Bonchev–Trinajstić information content (AvgIpc) is 2.81. The molecule has 8 heteroatoms. The Morgan fingerprint density at radius 1 is 1.47 bits per heavy atom. The van der Waals surface area contributed by atoms with Crippen LogP contribution in [0.15, 0.2) is 16.5 Å². The van der Waals surface area contributed by atoms with Crippen LogP contribution in [0.5, 0.6) is 0 Å². The molecule has 0 radical (unpaired) electrons. The van der Waals surface area contributed by atoms with Crippen molar-refractivity contribution in [3.63, 3.8) is 0 Å². The highest BCUT2D eigenvalue weighted by molar-refractivity contribution is 7.14. The summed E-state index contributed by atoms with van der Waals surface area (Å²) in [5, 5.41) is 18.2. The quantitative estimate of drug-likeness (QED) is 0.863. The molecule has 1 aromatic heterocycles. The van der Waals surface area contributed by atoms with E-state index in [1.165, 1.54) is 18.5 Å². The Hall–Kier alpha value is -2.22. The number of hydrazone groups is 1. The van der Waals surface area contributed by atoms with Crippen molar-refractivity contribution in [2.45, 2.75) is 12.8 Å². The Morgan fingerprint density at radius 3 is 2.79 bits per heavy atom. The number of carboxylic acid groups (broad SMARTS) is 1. The van der Waals surface area contributed by atoms with Crippen molar-refractivity contribution in [3.8, 4) is 0 Å². The molecule has 2 amide bonds. The van der Waals surface area contributed by atoms with Gasteiger partial charge in [0.1, 0.15) is 5.71 Å². The number of carbonyl (C=O) groups is 3. The van der Waals surface area contributed by atoms with Crippen molar-refractivity contribution in [3.05, 3.63) is 17.0 Å². The molecule has 0 bridgehead atoms. The van der Waals surface area contributed by atoms with Gasteiger partial charge in [-0.3, -0.25) is 9.59 Å². The number of nitrogens with one attached hydrogen (secondary N) is 1. The van der Waals surface area contributed by atoms with Gasteiger partial charge in [0.25, 0.3) is 5.91 Å². The zero-order valence-corrected chi connectivity index (χ0v) is 10.9. The van der Waals surface area contributed by atoms with E-state index in [2.05, 4.69) is 10.4 Å². The Kier molecular flexibility index (Phi) is 3.61. The summed E-state index contributed by atoms with van der Waals surface area (Å²) in [5.41, 5.74) is 0.380. The van der Waals surface area contributed by atoms with Gasteiger partial charge in [-0.1, -0.05) is 0 Å². The first-order valence-corrected chi connectivity index (χ1v) is 6.32. The van der Waals surface area contributed by atoms with E-state index in [4.69, 9.17) is 5.11 Å². The smallest absolute Gasteiger partial charge is 0.336 e. The number of nitrogens with zero attached hydrogens (tertiary/aromatic N) is 2. The second-order valence-electron chi connectivity index (χ2n) is 3.92. The van der Waals surface area contributed by atoms with E-state index in [0.717, 1.165) is 16.3 Å². The highest BCUT2D eigenvalue weighted by Crippen LogP contribution is 2.21. The third-order valence-corrected chi connectivity index (χ3v) is 3.40. The normalized spacial score (nSPS) is 15.1. The first-order valence-electron chi connectivity index (χ1n) is 5.44. The molecule has 100 valence electrons. The van der Waals surface area contributed by atoms with Gasteiger partial charge in [0.2, 0.25) is 5.91 Å². The van der Waals surface area contributed by atoms with Crippen LogP contribution in [-0.2, 0) is 9.59 Å². The second kappa shape index (κ2) is 5.19. The van der Waals surface area contributed by atoms with Crippen LogP contribution < -0.4 is 5.32 Å². The summed E-state index contributed by atoms with van der Waals surface area (Å²) in [7, 11) is 1.49. The molecule has 2 heterocycles. The van der Waals surface area contributed by atoms with Crippen LogP contribution in [0.25, 0.3) is 0 Å². The summed E-state index contributed by atoms with van der Waals surface area (Å²) < 4.78 is 0. The van der Waals surface area contributed by atoms with Crippen LogP contribution in [0.4, 0.5) is 5.00 Å². The van der Waals surface area contributed by atoms with Crippen LogP contribution in [0.2, 0.25) is 0 Å². The molecular formula is C11H11N3O4S. The third kappa shape index (κ3) is 2.97. The standard InChI is InChI=1S/C11H11N3O4S/c1-14-9(15)3-2-7(13-14)10(16)12-8-4-6(5-19-8)11(17)18/h4-5H,2-3H2,1H3,(H,12,16)(H,17,18). The Labute approximate surface area is 112 Å². The molecule has 0 saturated heterocycles. The molecule has 0 fully saturated rings. The topological polar surface area (TPSA) is 99.1 Å². The fourth-order valence-electron chi connectivity index (χ4n) is 1.53. The number of carbonyl (C=O) groups excluding carboxylic acids is 2. The van der Waals surface area contributed by atoms with Crippen molar-refractivity contribution in [2.24, 2.45) is 5.10 Å². The van der Waals surface area contributed by atoms with E-state index >= 15 is 0 Å². The van der Waals surface area contributed by atoms with Gasteiger partial charge in [0.05, 0.1) is 10.6 Å². The molecule has 7 nitrogen and oxygen atoms in total. The van der Waals surface area contributed by atoms with Crippen LogP contribution in [0, 0.1) is 0 Å². The van der Waals surface area contributed by atoms with Gasteiger partial charge < -0.3 is 10.4 Å². The van der Waals surface area contributed by atoms with Gasteiger partial charge in [0.15, 0.2) is 0 Å². The van der Waals surface area contributed by atoms with Crippen molar-refractivity contribution < 1.29 is 19.5 Å². The molecule has 1 aliphatic heterocycles. The van der Waals surface area contributed by atoms with E-state index in [1.807, 2.05) is 0 Å². The summed E-state index contributed by atoms with van der Waals surface area (Å²) in [6, 6.07) is 1.38. The number of aromatic carboxylic acids is 1. The molecular weight excluding hydrogens is 270 g/mol. The molecule has 2 N–H and O–H groups in total. The predicted molar refractivity (Wildman–Crippen MR) is 69.3 cm³/mol. The summed E-state index contributed by atoms with van der Waals surface area (Å²) in [4.78, 5) is 33.8. The lowest BCUT2D eigenvalue weighted by Crippen LogP contribution is -2.33. The maximum absolute atomic E-state index is 11.9. The van der Waals surface area contributed by atoms with Crippen LogP contribution >= 0.6 is 11.3 Å². The zero-order chi connectivity index (χ0) is 14.0. The number of hydrogen-bond acceptors (Lipinski definition) is 5. The van der Waals surface area contributed by atoms with Crippen molar-refractivity contribution in [1.82, 2.24) is 5.01 Å².